The van der Waals surface area contributed by atoms with E-state index in [-0.39, 0.29) is 0 Å². The lowest BCUT2D eigenvalue weighted by Crippen LogP contribution is -2.39. The van der Waals surface area contributed by atoms with Gasteiger partial charge in [0.1, 0.15) is 0 Å². The molecule has 2 aliphatic rings. The second-order valence-electron chi connectivity index (χ2n) is 6.26. The van der Waals surface area contributed by atoms with Crippen LogP contribution >= 0.6 is 0 Å². The van der Waals surface area contributed by atoms with Crippen LogP contribution in [0, 0.1) is 17.8 Å². The van der Waals surface area contributed by atoms with Crippen LogP contribution in [0.2, 0.25) is 0 Å². The molecular formula is C15H30N2. The van der Waals surface area contributed by atoms with Crippen molar-refractivity contribution in [2.45, 2.75) is 44.9 Å². The number of hydrogen-bond donors (Lipinski definition) is 1. The van der Waals surface area contributed by atoms with E-state index >= 15 is 0 Å². The van der Waals surface area contributed by atoms with Crippen LogP contribution in [0.1, 0.15) is 44.9 Å². The lowest BCUT2D eigenvalue weighted by Gasteiger charge is -2.39. The van der Waals surface area contributed by atoms with Gasteiger partial charge in [0.15, 0.2) is 0 Å². The highest BCUT2D eigenvalue weighted by Gasteiger charge is 2.31. The van der Waals surface area contributed by atoms with Gasteiger partial charge in [-0.05, 0) is 64.3 Å². The molecule has 1 unspecified atom stereocenters. The third-order valence-corrected chi connectivity index (χ3v) is 5.06. The summed E-state index contributed by atoms with van der Waals surface area (Å²) in [5.74, 6) is 2.96. The van der Waals surface area contributed by atoms with Crippen LogP contribution in [-0.2, 0) is 0 Å². The average molecular weight is 238 g/mol. The summed E-state index contributed by atoms with van der Waals surface area (Å²) >= 11 is 0. The normalized spacial score (nSPS) is 27.2. The summed E-state index contributed by atoms with van der Waals surface area (Å²) in [5, 5.41) is 3.46. The topological polar surface area (TPSA) is 15.3 Å². The number of likely N-dealkylation sites (tertiary alicyclic amines) is 1. The van der Waals surface area contributed by atoms with Gasteiger partial charge in [0.05, 0.1) is 0 Å². The number of nitrogens with zero attached hydrogens (tertiary/aromatic N) is 1. The van der Waals surface area contributed by atoms with Gasteiger partial charge in [-0.2, -0.15) is 0 Å². The largest absolute Gasteiger partial charge is 0.319 e. The van der Waals surface area contributed by atoms with Crippen LogP contribution in [0.5, 0.6) is 0 Å². The van der Waals surface area contributed by atoms with Crippen LogP contribution in [0.3, 0.4) is 0 Å². The Hall–Kier alpha value is -0.0800. The predicted molar refractivity (Wildman–Crippen MR) is 74.2 cm³/mol. The molecule has 0 aromatic carbocycles. The maximum absolute atomic E-state index is 3.46. The van der Waals surface area contributed by atoms with E-state index in [4.69, 9.17) is 0 Å². The Bertz CT molecular complexity index is 203. The molecule has 2 heteroatoms. The summed E-state index contributed by atoms with van der Waals surface area (Å²) in [6, 6.07) is 0. The molecule has 0 radical (unpaired) electrons. The van der Waals surface area contributed by atoms with E-state index in [0.717, 1.165) is 17.8 Å². The second kappa shape index (κ2) is 6.75. The Balaban J connectivity index is 1.90. The molecule has 0 spiro atoms. The van der Waals surface area contributed by atoms with E-state index in [0.29, 0.717) is 0 Å². The first-order valence-corrected chi connectivity index (χ1v) is 7.64. The molecule has 1 heterocycles. The van der Waals surface area contributed by atoms with Crippen LogP contribution in [0.4, 0.5) is 0 Å². The van der Waals surface area contributed by atoms with Crippen molar-refractivity contribution in [2.24, 2.45) is 17.8 Å². The molecule has 2 fully saturated rings. The van der Waals surface area contributed by atoms with Gasteiger partial charge >= 0.3 is 0 Å². The van der Waals surface area contributed by atoms with E-state index in [1.165, 1.54) is 64.6 Å². The first kappa shape index (κ1) is 13.4. The Morgan fingerprint density at radius 3 is 2.18 bits per heavy atom. The Morgan fingerprint density at radius 2 is 1.59 bits per heavy atom. The predicted octanol–water partition coefficient (Wildman–Crippen LogP) is 2.74. The Morgan fingerprint density at radius 1 is 1.00 bits per heavy atom. The highest BCUT2D eigenvalue weighted by Crippen LogP contribution is 2.37. The summed E-state index contributed by atoms with van der Waals surface area (Å²) in [6.07, 6.45) is 10.3. The lowest BCUT2D eigenvalue weighted by atomic mass is 9.71. The minimum Gasteiger partial charge on any atom is -0.319 e. The molecule has 2 rings (SSSR count). The van der Waals surface area contributed by atoms with Crippen LogP contribution in [0.25, 0.3) is 0 Å². The number of nitrogens with one attached hydrogen (secondary N) is 1. The third-order valence-electron chi connectivity index (χ3n) is 5.06. The fourth-order valence-electron chi connectivity index (χ4n) is 3.97. The van der Waals surface area contributed by atoms with E-state index in [2.05, 4.69) is 24.3 Å². The zero-order chi connectivity index (χ0) is 12.1. The minimum atomic E-state index is 0.953. The van der Waals surface area contributed by atoms with E-state index < -0.39 is 0 Å². The van der Waals surface area contributed by atoms with E-state index in [9.17, 15) is 0 Å². The quantitative estimate of drug-likeness (QED) is 0.810. The zero-order valence-corrected chi connectivity index (χ0v) is 11.8. The van der Waals surface area contributed by atoms with E-state index in [1.807, 2.05) is 0 Å². The second-order valence-corrected chi connectivity index (χ2v) is 6.26. The molecular weight excluding hydrogens is 208 g/mol. The molecule has 1 saturated heterocycles. The van der Waals surface area contributed by atoms with E-state index in [1.54, 1.807) is 0 Å². The van der Waals surface area contributed by atoms with Crippen molar-refractivity contribution in [3.8, 4) is 0 Å². The van der Waals surface area contributed by atoms with Crippen LogP contribution < -0.4 is 5.32 Å². The third kappa shape index (κ3) is 3.69. The van der Waals surface area contributed by atoms with Crippen molar-refractivity contribution in [1.82, 2.24) is 10.2 Å². The van der Waals surface area contributed by atoms with Gasteiger partial charge in [-0.1, -0.05) is 32.1 Å². The first-order chi connectivity index (χ1) is 8.31. The molecule has 100 valence electrons. The van der Waals surface area contributed by atoms with Gasteiger partial charge < -0.3 is 10.2 Å². The molecule has 17 heavy (non-hydrogen) atoms. The monoisotopic (exact) mass is 238 g/mol. The fraction of sp³-hybridized carbons (Fsp3) is 1.00. The van der Waals surface area contributed by atoms with Gasteiger partial charge in [0, 0.05) is 0 Å². The summed E-state index contributed by atoms with van der Waals surface area (Å²) in [6.45, 7) is 3.88. The van der Waals surface area contributed by atoms with Crippen molar-refractivity contribution in [1.29, 1.82) is 0 Å². The highest BCUT2D eigenvalue weighted by atomic mass is 15.1. The minimum absolute atomic E-state index is 0.953. The van der Waals surface area contributed by atoms with Crippen LogP contribution in [-0.4, -0.2) is 38.6 Å². The summed E-state index contributed by atoms with van der Waals surface area (Å²) < 4.78 is 0. The molecule has 1 atom stereocenters. The SMILES string of the molecule is CNCC(C1CCCCC1)C1CCN(C)CC1. The number of piperidine rings is 1. The molecule has 2 nitrogen and oxygen atoms in total. The molecule has 1 aliphatic carbocycles. The van der Waals surface area contributed by atoms with Gasteiger partial charge in [0.25, 0.3) is 0 Å². The van der Waals surface area contributed by atoms with Crippen LogP contribution in [0.15, 0.2) is 0 Å². The molecule has 0 amide bonds. The molecule has 1 N–H and O–H groups in total. The smallest absolute Gasteiger partial charge is 0.00182 e. The van der Waals surface area contributed by atoms with Gasteiger partial charge in [-0.15, -0.1) is 0 Å². The van der Waals surface area contributed by atoms with Crippen molar-refractivity contribution < 1.29 is 0 Å². The molecule has 1 aliphatic heterocycles. The maximum Gasteiger partial charge on any atom is -0.00182 e. The number of hydrogen-bond acceptors (Lipinski definition) is 2. The summed E-state index contributed by atoms with van der Waals surface area (Å²) in [4.78, 5) is 2.49. The average Bonchev–Trinajstić information content (AvgIpc) is 2.38. The standard InChI is InChI=1S/C15H30N2/c1-16-12-15(13-6-4-3-5-7-13)14-8-10-17(2)11-9-14/h13-16H,3-12H2,1-2H3. The summed E-state index contributed by atoms with van der Waals surface area (Å²) in [7, 11) is 4.40. The summed E-state index contributed by atoms with van der Waals surface area (Å²) in [5.41, 5.74) is 0. The molecule has 0 aromatic rings. The molecule has 1 saturated carbocycles. The van der Waals surface area contributed by atoms with Gasteiger partial charge in [-0.3, -0.25) is 0 Å². The van der Waals surface area contributed by atoms with Gasteiger partial charge in [0.2, 0.25) is 0 Å². The van der Waals surface area contributed by atoms with Gasteiger partial charge in [-0.25, -0.2) is 0 Å². The maximum atomic E-state index is 3.46. The molecule has 0 aromatic heterocycles. The van der Waals surface area contributed by atoms with Crippen molar-refractivity contribution in [3.05, 3.63) is 0 Å². The first-order valence-electron chi connectivity index (χ1n) is 7.64. The fourth-order valence-corrected chi connectivity index (χ4v) is 3.97. The van der Waals surface area contributed by atoms with Crippen molar-refractivity contribution in [2.75, 3.05) is 33.7 Å². The Labute approximate surface area is 107 Å². The zero-order valence-electron chi connectivity index (χ0n) is 11.8. The highest BCUT2D eigenvalue weighted by molar-refractivity contribution is 4.84. The number of rotatable bonds is 4. The molecule has 0 bridgehead atoms. The van der Waals surface area contributed by atoms with Crippen molar-refractivity contribution >= 4 is 0 Å². The lowest BCUT2D eigenvalue weighted by molar-refractivity contribution is 0.112. The van der Waals surface area contributed by atoms with Crippen molar-refractivity contribution in [3.63, 3.8) is 0 Å². The Kier molecular flexibility index (Phi) is 5.30.